The highest BCUT2D eigenvalue weighted by molar-refractivity contribution is 5.96. The molecule has 19 heavy (non-hydrogen) atoms. The largest absolute Gasteiger partial charge is 0.493 e. The van der Waals surface area contributed by atoms with Gasteiger partial charge in [0.1, 0.15) is 0 Å². The Morgan fingerprint density at radius 3 is 2.37 bits per heavy atom. The summed E-state index contributed by atoms with van der Waals surface area (Å²) in [5.41, 5.74) is 5.16. The summed E-state index contributed by atoms with van der Waals surface area (Å²) in [5.74, 6) is 0.513. The monoisotopic (exact) mass is 264 g/mol. The molecule has 2 amide bonds. The number of carbonyl (C=O) groups excluding carboxylic acids is 2. The molecule has 102 valence electrons. The maximum atomic E-state index is 11.8. The molecule has 1 aromatic rings. The highest BCUT2D eigenvalue weighted by Gasteiger charge is 2.29. The molecule has 1 saturated carbocycles. The Bertz CT molecular complexity index is 497. The highest BCUT2D eigenvalue weighted by atomic mass is 16.5. The van der Waals surface area contributed by atoms with Gasteiger partial charge in [-0.05, 0) is 31.0 Å². The van der Waals surface area contributed by atoms with E-state index in [-0.39, 0.29) is 11.8 Å². The minimum Gasteiger partial charge on any atom is -0.493 e. The van der Waals surface area contributed by atoms with Gasteiger partial charge in [0.05, 0.1) is 14.2 Å². The molecule has 0 heterocycles. The van der Waals surface area contributed by atoms with Crippen molar-refractivity contribution in [3.05, 3.63) is 23.8 Å². The first-order chi connectivity index (χ1) is 9.15. The van der Waals surface area contributed by atoms with Gasteiger partial charge in [-0.15, -0.1) is 0 Å². The molecule has 1 fully saturated rings. The van der Waals surface area contributed by atoms with Crippen molar-refractivity contribution in [3.63, 3.8) is 0 Å². The van der Waals surface area contributed by atoms with Gasteiger partial charge in [0.2, 0.25) is 5.91 Å². The van der Waals surface area contributed by atoms with Crippen LogP contribution in [0.3, 0.4) is 0 Å². The van der Waals surface area contributed by atoms with Crippen LogP contribution in [0.25, 0.3) is 0 Å². The summed E-state index contributed by atoms with van der Waals surface area (Å²) in [4.78, 5) is 23.2. The van der Waals surface area contributed by atoms with E-state index in [2.05, 4.69) is 10.9 Å². The number of rotatable bonds is 4. The van der Waals surface area contributed by atoms with Gasteiger partial charge >= 0.3 is 0 Å². The molecule has 0 saturated heterocycles. The Morgan fingerprint density at radius 2 is 1.79 bits per heavy atom. The van der Waals surface area contributed by atoms with Crippen molar-refractivity contribution in [1.29, 1.82) is 0 Å². The average molecular weight is 264 g/mol. The summed E-state index contributed by atoms with van der Waals surface area (Å²) in [6.45, 7) is 0. The van der Waals surface area contributed by atoms with Crippen LogP contribution in [-0.2, 0) is 4.79 Å². The Hall–Kier alpha value is -2.24. The van der Waals surface area contributed by atoms with E-state index in [1.54, 1.807) is 18.2 Å². The standard InChI is InChI=1S/C13H16N2O4/c1-18-10-6-5-9(7-11(10)19-2)13(17)15-14-12(16)8-3-4-8/h5-8H,3-4H2,1-2H3,(H,14,16)(H,15,17). The molecule has 1 aliphatic rings. The smallest absolute Gasteiger partial charge is 0.269 e. The van der Waals surface area contributed by atoms with Crippen molar-refractivity contribution < 1.29 is 19.1 Å². The fourth-order valence-corrected chi connectivity index (χ4v) is 1.62. The zero-order valence-corrected chi connectivity index (χ0v) is 10.9. The van der Waals surface area contributed by atoms with Crippen molar-refractivity contribution in [3.8, 4) is 11.5 Å². The highest BCUT2D eigenvalue weighted by Crippen LogP contribution is 2.29. The van der Waals surface area contributed by atoms with E-state index in [4.69, 9.17) is 9.47 Å². The molecule has 2 rings (SSSR count). The van der Waals surface area contributed by atoms with Crippen LogP contribution in [0.4, 0.5) is 0 Å². The zero-order chi connectivity index (χ0) is 13.8. The Balaban J connectivity index is 1.99. The summed E-state index contributed by atoms with van der Waals surface area (Å²) in [5, 5.41) is 0. The molecule has 0 aliphatic heterocycles. The molecule has 1 aliphatic carbocycles. The maximum absolute atomic E-state index is 11.8. The summed E-state index contributed by atoms with van der Waals surface area (Å²) in [7, 11) is 3.02. The normalized spacial score (nSPS) is 13.6. The van der Waals surface area contributed by atoms with Gasteiger partial charge in [-0.2, -0.15) is 0 Å². The Morgan fingerprint density at radius 1 is 1.11 bits per heavy atom. The predicted molar refractivity (Wildman–Crippen MR) is 67.9 cm³/mol. The first-order valence-corrected chi connectivity index (χ1v) is 5.98. The van der Waals surface area contributed by atoms with E-state index in [0.29, 0.717) is 17.1 Å². The first-order valence-electron chi connectivity index (χ1n) is 5.98. The number of methoxy groups -OCH3 is 2. The number of hydrazine groups is 1. The Labute approximate surface area is 111 Å². The van der Waals surface area contributed by atoms with E-state index in [1.165, 1.54) is 14.2 Å². The molecule has 0 spiro atoms. The number of nitrogens with one attached hydrogen (secondary N) is 2. The number of ether oxygens (including phenoxy) is 2. The number of amides is 2. The molecule has 0 unspecified atom stereocenters. The van der Waals surface area contributed by atoms with Gasteiger partial charge in [0, 0.05) is 11.5 Å². The second-order valence-corrected chi connectivity index (χ2v) is 4.29. The van der Waals surface area contributed by atoms with Gasteiger partial charge in [0.25, 0.3) is 5.91 Å². The molecule has 0 bridgehead atoms. The minimum absolute atomic E-state index is 0.0469. The zero-order valence-electron chi connectivity index (χ0n) is 10.9. The Kier molecular flexibility index (Phi) is 3.89. The number of benzene rings is 1. The van der Waals surface area contributed by atoms with E-state index >= 15 is 0 Å². The minimum atomic E-state index is -0.394. The third-order valence-corrected chi connectivity index (χ3v) is 2.89. The fraction of sp³-hybridized carbons (Fsp3) is 0.385. The molecular formula is C13H16N2O4. The SMILES string of the molecule is COc1ccc(C(=O)NNC(=O)C2CC2)cc1OC. The summed E-state index contributed by atoms with van der Waals surface area (Å²) >= 11 is 0. The lowest BCUT2D eigenvalue weighted by molar-refractivity contribution is -0.123. The fourth-order valence-electron chi connectivity index (χ4n) is 1.62. The van der Waals surface area contributed by atoms with Crippen molar-refractivity contribution in [2.24, 2.45) is 5.92 Å². The van der Waals surface area contributed by atoms with Gasteiger partial charge in [-0.25, -0.2) is 0 Å². The summed E-state index contributed by atoms with van der Waals surface area (Å²) < 4.78 is 10.2. The summed E-state index contributed by atoms with van der Waals surface area (Å²) in [6.07, 6.45) is 1.77. The van der Waals surface area contributed by atoms with Crippen molar-refractivity contribution in [2.75, 3.05) is 14.2 Å². The van der Waals surface area contributed by atoms with Crippen molar-refractivity contribution >= 4 is 11.8 Å². The predicted octanol–water partition coefficient (Wildman–Crippen LogP) is 0.875. The average Bonchev–Trinajstić information content (AvgIpc) is 3.28. The van der Waals surface area contributed by atoms with Crippen LogP contribution in [0.15, 0.2) is 18.2 Å². The quantitative estimate of drug-likeness (QED) is 0.791. The number of carbonyl (C=O) groups is 2. The van der Waals surface area contributed by atoms with E-state index < -0.39 is 5.91 Å². The summed E-state index contributed by atoms with van der Waals surface area (Å²) in [6, 6.07) is 4.79. The molecule has 0 atom stereocenters. The molecule has 2 N–H and O–H groups in total. The second kappa shape index (κ2) is 5.60. The van der Waals surface area contributed by atoms with Crippen molar-refractivity contribution in [1.82, 2.24) is 10.9 Å². The molecular weight excluding hydrogens is 248 g/mol. The maximum Gasteiger partial charge on any atom is 0.269 e. The number of hydrogen-bond donors (Lipinski definition) is 2. The molecule has 0 radical (unpaired) electrons. The molecule has 0 aromatic heterocycles. The van der Waals surface area contributed by atoms with Gasteiger partial charge < -0.3 is 9.47 Å². The van der Waals surface area contributed by atoms with Crippen LogP contribution in [-0.4, -0.2) is 26.0 Å². The van der Waals surface area contributed by atoms with Crippen LogP contribution < -0.4 is 20.3 Å². The van der Waals surface area contributed by atoms with E-state index in [1.807, 2.05) is 0 Å². The molecule has 1 aromatic carbocycles. The van der Waals surface area contributed by atoms with Gasteiger partial charge in [-0.3, -0.25) is 20.4 Å². The van der Waals surface area contributed by atoms with Crippen LogP contribution in [0.5, 0.6) is 11.5 Å². The molecule has 6 heteroatoms. The third kappa shape index (κ3) is 3.15. The first kappa shape index (κ1) is 13.2. The van der Waals surface area contributed by atoms with Crippen LogP contribution in [0.2, 0.25) is 0 Å². The topological polar surface area (TPSA) is 76.7 Å². The van der Waals surface area contributed by atoms with E-state index in [0.717, 1.165) is 12.8 Å². The molecule has 6 nitrogen and oxygen atoms in total. The van der Waals surface area contributed by atoms with Gasteiger partial charge in [-0.1, -0.05) is 0 Å². The van der Waals surface area contributed by atoms with Crippen LogP contribution >= 0.6 is 0 Å². The lowest BCUT2D eigenvalue weighted by atomic mass is 10.2. The lowest BCUT2D eigenvalue weighted by Gasteiger charge is -2.10. The van der Waals surface area contributed by atoms with Crippen LogP contribution in [0, 0.1) is 5.92 Å². The van der Waals surface area contributed by atoms with Crippen LogP contribution in [0.1, 0.15) is 23.2 Å². The lowest BCUT2D eigenvalue weighted by Crippen LogP contribution is -2.42. The van der Waals surface area contributed by atoms with Gasteiger partial charge in [0.15, 0.2) is 11.5 Å². The number of hydrogen-bond acceptors (Lipinski definition) is 4. The van der Waals surface area contributed by atoms with E-state index in [9.17, 15) is 9.59 Å². The second-order valence-electron chi connectivity index (χ2n) is 4.29. The van der Waals surface area contributed by atoms with Crippen molar-refractivity contribution in [2.45, 2.75) is 12.8 Å². The third-order valence-electron chi connectivity index (χ3n) is 2.89.